The molecule has 0 aromatic heterocycles. The Morgan fingerprint density at radius 1 is 1.12 bits per heavy atom. The molecule has 1 amide bonds. The number of amides is 1. The van der Waals surface area contributed by atoms with E-state index < -0.39 is 5.91 Å². The summed E-state index contributed by atoms with van der Waals surface area (Å²) in [6.45, 7) is 0. The van der Waals surface area contributed by atoms with E-state index >= 15 is 0 Å². The van der Waals surface area contributed by atoms with E-state index in [1.165, 1.54) is 0 Å². The first kappa shape index (κ1) is 11.0. The molecule has 17 heavy (non-hydrogen) atoms. The molecule has 0 aliphatic heterocycles. The lowest BCUT2D eigenvalue weighted by molar-refractivity contribution is 0.100. The van der Waals surface area contributed by atoms with Crippen LogP contribution in [0, 0.1) is 12.3 Å². The second kappa shape index (κ2) is 4.54. The van der Waals surface area contributed by atoms with Gasteiger partial charge >= 0.3 is 0 Å². The smallest absolute Gasteiger partial charge is 0.249 e. The molecule has 2 heteroatoms. The SMILES string of the molecule is C#Cc1cccc(-c2ccccc2C(N)=O)c1. The van der Waals surface area contributed by atoms with Crippen molar-refractivity contribution in [3.8, 4) is 23.5 Å². The van der Waals surface area contributed by atoms with E-state index in [2.05, 4.69) is 5.92 Å². The van der Waals surface area contributed by atoms with Crippen LogP contribution in [0.1, 0.15) is 15.9 Å². The lowest BCUT2D eigenvalue weighted by Gasteiger charge is -2.06. The summed E-state index contributed by atoms with van der Waals surface area (Å²) in [5.41, 5.74) is 8.33. The Morgan fingerprint density at radius 3 is 2.59 bits per heavy atom. The Hall–Kier alpha value is -2.53. The molecular formula is C15H11NO. The van der Waals surface area contributed by atoms with Gasteiger partial charge in [0, 0.05) is 11.1 Å². The highest BCUT2D eigenvalue weighted by molar-refractivity contribution is 5.99. The number of carbonyl (C=O) groups excluding carboxylic acids is 1. The van der Waals surface area contributed by atoms with E-state index in [-0.39, 0.29) is 0 Å². The number of carbonyl (C=O) groups is 1. The van der Waals surface area contributed by atoms with Gasteiger partial charge < -0.3 is 5.73 Å². The number of hydrogen-bond donors (Lipinski definition) is 1. The van der Waals surface area contributed by atoms with Crippen LogP contribution in [-0.4, -0.2) is 5.91 Å². The van der Waals surface area contributed by atoms with Crippen LogP contribution in [0.3, 0.4) is 0 Å². The van der Waals surface area contributed by atoms with Gasteiger partial charge in [-0.2, -0.15) is 0 Å². The fraction of sp³-hybridized carbons (Fsp3) is 0. The molecule has 0 atom stereocenters. The maximum Gasteiger partial charge on any atom is 0.249 e. The van der Waals surface area contributed by atoms with Gasteiger partial charge in [-0.3, -0.25) is 4.79 Å². The first-order valence-electron chi connectivity index (χ1n) is 5.18. The van der Waals surface area contributed by atoms with Gasteiger partial charge in [-0.15, -0.1) is 6.42 Å². The van der Waals surface area contributed by atoms with Crippen molar-refractivity contribution in [1.82, 2.24) is 0 Å². The minimum absolute atomic E-state index is 0.438. The molecule has 0 aliphatic rings. The normalized spacial score (nSPS) is 9.59. The van der Waals surface area contributed by atoms with Crippen LogP contribution in [0.15, 0.2) is 48.5 Å². The zero-order chi connectivity index (χ0) is 12.3. The van der Waals surface area contributed by atoms with Crippen molar-refractivity contribution in [2.75, 3.05) is 0 Å². The quantitative estimate of drug-likeness (QED) is 0.777. The minimum atomic E-state index is -0.438. The molecule has 0 spiro atoms. The summed E-state index contributed by atoms with van der Waals surface area (Å²) in [5, 5.41) is 0. The van der Waals surface area contributed by atoms with E-state index in [0.29, 0.717) is 5.56 Å². The predicted octanol–water partition coefficient (Wildman–Crippen LogP) is 2.43. The zero-order valence-corrected chi connectivity index (χ0v) is 9.18. The number of primary amides is 1. The topological polar surface area (TPSA) is 43.1 Å². The molecule has 2 rings (SSSR count). The van der Waals surface area contributed by atoms with Crippen LogP contribution in [0.5, 0.6) is 0 Å². The Morgan fingerprint density at radius 2 is 1.88 bits per heavy atom. The Balaban J connectivity index is 2.61. The Kier molecular flexibility index (Phi) is 2.93. The fourth-order valence-electron chi connectivity index (χ4n) is 1.73. The van der Waals surface area contributed by atoms with Crippen LogP contribution < -0.4 is 5.73 Å². The van der Waals surface area contributed by atoms with Gasteiger partial charge in [-0.1, -0.05) is 36.3 Å². The van der Waals surface area contributed by atoms with Gasteiger partial charge in [-0.25, -0.2) is 0 Å². The lowest BCUT2D eigenvalue weighted by Crippen LogP contribution is -2.12. The van der Waals surface area contributed by atoms with Crippen molar-refractivity contribution >= 4 is 5.91 Å². The monoisotopic (exact) mass is 221 g/mol. The number of benzene rings is 2. The number of terminal acetylenes is 1. The lowest BCUT2D eigenvalue weighted by atomic mass is 9.98. The average molecular weight is 221 g/mol. The summed E-state index contributed by atoms with van der Waals surface area (Å²) < 4.78 is 0. The van der Waals surface area contributed by atoms with E-state index in [9.17, 15) is 4.79 Å². The average Bonchev–Trinajstić information content (AvgIpc) is 2.39. The van der Waals surface area contributed by atoms with Crippen molar-refractivity contribution in [2.45, 2.75) is 0 Å². The molecule has 0 saturated carbocycles. The van der Waals surface area contributed by atoms with Crippen LogP contribution in [0.4, 0.5) is 0 Å². The van der Waals surface area contributed by atoms with Crippen LogP contribution >= 0.6 is 0 Å². The summed E-state index contributed by atoms with van der Waals surface area (Å²) in [7, 11) is 0. The largest absolute Gasteiger partial charge is 0.366 e. The highest BCUT2D eigenvalue weighted by Crippen LogP contribution is 2.24. The number of rotatable bonds is 2. The molecule has 0 fully saturated rings. The van der Waals surface area contributed by atoms with Gasteiger partial charge in [-0.05, 0) is 29.3 Å². The van der Waals surface area contributed by atoms with Crippen LogP contribution in [0.2, 0.25) is 0 Å². The second-order valence-corrected chi connectivity index (χ2v) is 3.63. The molecule has 0 radical (unpaired) electrons. The van der Waals surface area contributed by atoms with E-state index in [4.69, 9.17) is 12.2 Å². The molecule has 82 valence electrons. The summed E-state index contributed by atoms with van der Waals surface area (Å²) in [4.78, 5) is 11.3. The Bertz CT molecular complexity index is 608. The molecule has 0 heterocycles. The van der Waals surface area contributed by atoms with Crippen molar-refractivity contribution < 1.29 is 4.79 Å². The molecule has 2 N–H and O–H groups in total. The second-order valence-electron chi connectivity index (χ2n) is 3.63. The van der Waals surface area contributed by atoms with Gasteiger partial charge in [0.25, 0.3) is 0 Å². The predicted molar refractivity (Wildman–Crippen MR) is 68.3 cm³/mol. The summed E-state index contributed by atoms with van der Waals surface area (Å²) in [5.74, 6) is 2.13. The highest BCUT2D eigenvalue weighted by atomic mass is 16.1. The molecule has 0 saturated heterocycles. The molecule has 2 aromatic rings. The molecule has 2 aromatic carbocycles. The standard InChI is InChI=1S/C15H11NO/c1-2-11-6-5-7-12(10-11)13-8-3-4-9-14(13)15(16)17/h1,3-10H,(H2,16,17). The third-order valence-corrected chi connectivity index (χ3v) is 2.53. The molecule has 0 unspecified atom stereocenters. The molecule has 2 nitrogen and oxygen atoms in total. The third kappa shape index (κ3) is 2.19. The van der Waals surface area contributed by atoms with Gasteiger partial charge in [0.15, 0.2) is 0 Å². The van der Waals surface area contributed by atoms with Crippen molar-refractivity contribution in [3.05, 3.63) is 59.7 Å². The Labute approximate surface area is 100 Å². The maximum atomic E-state index is 11.3. The number of hydrogen-bond acceptors (Lipinski definition) is 1. The molecule has 0 bridgehead atoms. The van der Waals surface area contributed by atoms with Gasteiger partial charge in [0.1, 0.15) is 0 Å². The highest BCUT2D eigenvalue weighted by Gasteiger charge is 2.08. The summed E-state index contributed by atoms with van der Waals surface area (Å²) >= 11 is 0. The molecular weight excluding hydrogens is 210 g/mol. The van der Waals surface area contributed by atoms with Crippen molar-refractivity contribution in [1.29, 1.82) is 0 Å². The zero-order valence-electron chi connectivity index (χ0n) is 9.18. The van der Waals surface area contributed by atoms with E-state index in [1.807, 2.05) is 36.4 Å². The summed E-state index contributed by atoms with van der Waals surface area (Å²) in [6, 6.07) is 14.7. The van der Waals surface area contributed by atoms with Gasteiger partial charge in [0.2, 0.25) is 5.91 Å². The minimum Gasteiger partial charge on any atom is -0.366 e. The fourth-order valence-corrected chi connectivity index (χ4v) is 1.73. The first-order chi connectivity index (χ1) is 8.22. The van der Waals surface area contributed by atoms with Gasteiger partial charge in [0.05, 0.1) is 0 Å². The first-order valence-corrected chi connectivity index (χ1v) is 5.18. The van der Waals surface area contributed by atoms with E-state index in [1.54, 1.807) is 12.1 Å². The van der Waals surface area contributed by atoms with Crippen molar-refractivity contribution in [3.63, 3.8) is 0 Å². The summed E-state index contributed by atoms with van der Waals surface area (Å²) in [6.07, 6.45) is 5.35. The maximum absolute atomic E-state index is 11.3. The van der Waals surface area contributed by atoms with E-state index in [0.717, 1.165) is 16.7 Å². The third-order valence-electron chi connectivity index (χ3n) is 2.53. The van der Waals surface area contributed by atoms with Crippen LogP contribution in [-0.2, 0) is 0 Å². The van der Waals surface area contributed by atoms with Crippen LogP contribution in [0.25, 0.3) is 11.1 Å². The van der Waals surface area contributed by atoms with Crippen molar-refractivity contribution in [2.24, 2.45) is 5.73 Å². The molecule has 0 aliphatic carbocycles. The number of nitrogens with two attached hydrogens (primary N) is 1.